The molecular weight excluding hydrogens is 296 g/mol. The fourth-order valence-corrected chi connectivity index (χ4v) is 3.03. The normalized spacial score (nSPS) is 10.8. The largest absolute Gasteiger partial charge is 0.325 e. The molecule has 0 atom stereocenters. The highest BCUT2D eigenvalue weighted by Gasteiger charge is 2.09. The third kappa shape index (κ3) is 2.72. The molecule has 0 radical (unpaired) electrons. The monoisotopic (exact) mass is 312 g/mol. The van der Waals surface area contributed by atoms with Crippen LogP contribution in [0.2, 0.25) is 0 Å². The topological polar surface area (TPSA) is 42.0 Å². The van der Waals surface area contributed by atoms with Crippen molar-refractivity contribution in [2.24, 2.45) is 0 Å². The molecule has 3 heteroatoms. The van der Waals surface area contributed by atoms with E-state index in [9.17, 15) is 4.79 Å². The Morgan fingerprint density at radius 2 is 1.62 bits per heavy atom. The molecule has 1 amide bonds. The van der Waals surface area contributed by atoms with Gasteiger partial charge in [0.2, 0.25) is 5.91 Å². The minimum Gasteiger partial charge on any atom is -0.325 e. The zero-order valence-electron chi connectivity index (χ0n) is 13.1. The van der Waals surface area contributed by atoms with Crippen LogP contribution < -0.4 is 5.32 Å². The lowest BCUT2D eigenvalue weighted by molar-refractivity contribution is -0.115. The summed E-state index contributed by atoms with van der Waals surface area (Å²) < 4.78 is 0. The fraction of sp³-hybridized carbons (Fsp3) is 0.0476. The number of amides is 1. The fourth-order valence-electron chi connectivity index (χ4n) is 3.03. The van der Waals surface area contributed by atoms with Crippen molar-refractivity contribution in [3.8, 4) is 0 Å². The zero-order valence-corrected chi connectivity index (χ0v) is 13.1. The molecule has 1 N–H and O–H groups in total. The van der Waals surface area contributed by atoms with E-state index >= 15 is 0 Å². The molecule has 0 fully saturated rings. The van der Waals surface area contributed by atoms with Gasteiger partial charge in [0.05, 0.1) is 17.6 Å². The van der Waals surface area contributed by atoms with E-state index in [-0.39, 0.29) is 5.91 Å². The van der Waals surface area contributed by atoms with Gasteiger partial charge in [0.1, 0.15) is 0 Å². The van der Waals surface area contributed by atoms with Gasteiger partial charge in [0.25, 0.3) is 0 Å². The third-order valence-corrected chi connectivity index (χ3v) is 4.15. The molecule has 3 nitrogen and oxygen atoms in total. The van der Waals surface area contributed by atoms with Crippen molar-refractivity contribution in [3.63, 3.8) is 0 Å². The van der Waals surface area contributed by atoms with Crippen LogP contribution in [0.25, 0.3) is 21.7 Å². The predicted molar refractivity (Wildman–Crippen MR) is 98.0 cm³/mol. The number of rotatable bonds is 3. The van der Waals surface area contributed by atoms with Crippen molar-refractivity contribution >= 4 is 33.3 Å². The number of hydrogen-bond donors (Lipinski definition) is 1. The van der Waals surface area contributed by atoms with E-state index in [4.69, 9.17) is 0 Å². The minimum absolute atomic E-state index is 0.0253. The van der Waals surface area contributed by atoms with Gasteiger partial charge in [-0.05, 0) is 40.6 Å². The Hall–Kier alpha value is -3.20. The molecule has 0 saturated carbocycles. The molecule has 1 heterocycles. The van der Waals surface area contributed by atoms with Gasteiger partial charge in [-0.25, -0.2) is 0 Å². The maximum Gasteiger partial charge on any atom is 0.228 e. The highest BCUT2D eigenvalue weighted by atomic mass is 16.1. The van der Waals surface area contributed by atoms with Crippen LogP contribution in [0.15, 0.2) is 79.0 Å². The molecular formula is C21H16N2O. The summed E-state index contributed by atoms with van der Waals surface area (Å²) in [5.74, 6) is -0.0253. The number of fused-ring (bicyclic) bond motifs is 2. The van der Waals surface area contributed by atoms with Gasteiger partial charge < -0.3 is 5.32 Å². The smallest absolute Gasteiger partial charge is 0.228 e. The van der Waals surface area contributed by atoms with Crippen LogP contribution in [0.4, 0.5) is 5.69 Å². The molecule has 1 aromatic heterocycles. The van der Waals surface area contributed by atoms with Crippen molar-refractivity contribution in [3.05, 3.63) is 84.6 Å². The van der Waals surface area contributed by atoms with E-state index in [1.807, 2.05) is 54.6 Å². The first kappa shape index (κ1) is 14.4. The molecule has 4 rings (SSSR count). The van der Waals surface area contributed by atoms with E-state index in [0.29, 0.717) is 6.42 Å². The number of pyridine rings is 1. The molecule has 0 saturated heterocycles. The molecule has 0 unspecified atom stereocenters. The Morgan fingerprint density at radius 1 is 0.833 bits per heavy atom. The number of benzene rings is 3. The Morgan fingerprint density at radius 3 is 2.58 bits per heavy atom. The zero-order chi connectivity index (χ0) is 16.4. The van der Waals surface area contributed by atoms with Gasteiger partial charge in [-0.3, -0.25) is 9.78 Å². The summed E-state index contributed by atoms with van der Waals surface area (Å²) in [6.07, 6.45) is 2.10. The number of nitrogens with one attached hydrogen (secondary N) is 1. The maximum atomic E-state index is 12.5. The third-order valence-electron chi connectivity index (χ3n) is 4.15. The summed E-state index contributed by atoms with van der Waals surface area (Å²) in [5, 5.41) is 6.24. The van der Waals surface area contributed by atoms with E-state index in [1.54, 1.807) is 6.20 Å². The first-order chi connectivity index (χ1) is 11.8. The Kier molecular flexibility index (Phi) is 3.67. The van der Waals surface area contributed by atoms with Crippen molar-refractivity contribution in [1.82, 2.24) is 4.98 Å². The summed E-state index contributed by atoms with van der Waals surface area (Å²) in [4.78, 5) is 16.9. The van der Waals surface area contributed by atoms with E-state index < -0.39 is 0 Å². The van der Waals surface area contributed by atoms with Crippen LogP contribution in [0.3, 0.4) is 0 Å². The van der Waals surface area contributed by atoms with Crippen LogP contribution in [0.1, 0.15) is 5.56 Å². The highest BCUT2D eigenvalue weighted by molar-refractivity contribution is 6.02. The second-order valence-corrected chi connectivity index (χ2v) is 5.74. The summed E-state index contributed by atoms with van der Waals surface area (Å²) >= 11 is 0. The molecule has 116 valence electrons. The van der Waals surface area contributed by atoms with E-state index in [0.717, 1.165) is 32.9 Å². The highest BCUT2D eigenvalue weighted by Crippen LogP contribution is 2.23. The molecule has 0 bridgehead atoms. The first-order valence-corrected chi connectivity index (χ1v) is 7.91. The molecule has 4 aromatic rings. The first-order valence-electron chi connectivity index (χ1n) is 7.91. The van der Waals surface area contributed by atoms with Crippen LogP contribution in [0, 0.1) is 0 Å². The number of carbonyl (C=O) groups excluding carboxylic acids is 1. The molecule has 0 aliphatic rings. The molecule has 3 aromatic carbocycles. The van der Waals surface area contributed by atoms with Crippen LogP contribution in [0.5, 0.6) is 0 Å². The second-order valence-electron chi connectivity index (χ2n) is 5.74. The summed E-state index contributed by atoms with van der Waals surface area (Å²) in [6.45, 7) is 0. The Bertz CT molecular complexity index is 946. The average molecular weight is 312 g/mol. The van der Waals surface area contributed by atoms with Crippen LogP contribution in [-0.4, -0.2) is 10.9 Å². The number of carbonyl (C=O) groups is 1. The number of hydrogen-bond acceptors (Lipinski definition) is 2. The molecule has 0 aliphatic heterocycles. The van der Waals surface area contributed by atoms with Gasteiger partial charge >= 0.3 is 0 Å². The predicted octanol–water partition coefficient (Wildman–Crippen LogP) is 4.57. The summed E-state index contributed by atoms with van der Waals surface area (Å²) in [6, 6.07) is 23.8. The average Bonchev–Trinajstić information content (AvgIpc) is 2.62. The lowest BCUT2D eigenvalue weighted by atomic mass is 10.0. The van der Waals surface area contributed by atoms with Gasteiger partial charge in [0.15, 0.2) is 0 Å². The summed E-state index contributed by atoms with van der Waals surface area (Å²) in [5.41, 5.74) is 2.70. The molecule has 0 aliphatic carbocycles. The quantitative estimate of drug-likeness (QED) is 0.602. The van der Waals surface area contributed by atoms with Gasteiger partial charge in [0, 0.05) is 11.6 Å². The van der Waals surface area contributed by atoms with Gasteiger partial charge in [-0.2, -0.15) is 0 Å². The minimum atomic E-state index is -0.0253. The van der Waals surface area contributed by atoms with Gasteiger partial charge in [-0.15, -0.1) is 0 Å². The maximum absolute atomic E-state index is 12.5. The van der Waals surface area contributed by atoms with Gasteiger partial charge in [-0.1, -0.05) is 48.5 Å². The van der Waals surface area contributed by atoms with Crippen molar-refractivity contribution in [1.29, 1.82) is 0 Å². The molecule has 24 heavy (non-hydrogen) atoms. The second kappa shape index (κ2) is 6.13. The number of aromatic nitrogens is 1. The van der Waals surface area contributed by atoms with E-state index in [2.05, 4.69) is 28.5 Å². The lowest BCUT2D eigenvalue weighted by Gasteiger charge is -2.10. The van der Waals surface area contributed by atoms with Crippen molar-refractivity contribution in [2.45, 2.75) is 6.42 Å². The Balaban J connectivity index is 1.62. The van der Waals surface area contributed by atoms with Crippen molar-refractivity contribution in [2.75, 3.05) is 5.32 Å². The lowest BCUT2D eigenvalue weighted by Crippen LogP contribution is -2.14. The van der Waals surface area contributed by atoms with E-state index in [1.165, 1.54) is 0 Å². The number of nitrogens with zero attached hydrogens (tertiary/aromatic N) is 1. The van der Waals surface area contributed by atoms with Crippen LogP contribution >= 0.6 is 0 Å². The SMILES string of the molecule is O=C(Cc1cccc2ccccc12)Nc1cccc2ncccc12. The summed E-state index contributed by atoms with van der Waals surface area (Å²) in [7, 11) is 0. The number of anilines is 1. The van der Waals surface area contributed by atoms with Crippen LogP contribution in [-0.2, 0) is 11.2 Å². The Labute approximate surface area is 140 Å². The standard InChI is InChI=1S/C21H16N2O/c24-21(14-16-8-3-7-15-6-1-2-9-17(15)16)23-20-12-4-11-19-18(20)10-5-13-22-19/h1-13H,14H2,(H,23,24). The molecule has 0 spiro atoms. The van der Waals surface area contributed by atoms with Crippen molar-refractivity contribution < 1.29 is 4.79 Å².